The number of fused-ring (bicyclic) bond motifs is 3. The average molecular weight is 2080 g/mol. The molecule has 0 aliphatic carbocycles. The summed E-state index contributed by atoms with van der Waals surface area (Å²) in [5.74, 6) is 3.87. The van der Waals surface area contributed by atoms with Crippen molar-refractivity contribution in [2.45, 2.75) is 149 Å². The van der Waals surface area contributed by atoms with Crippen LogP contribution in [0.5, 0.6) is 0 Å². The number of likely N-dealkylation sites (N-methyl/N-ethyl adjacent to an activating group) is 1. The number of nitro benzene ring substituents is 1. The van der Waals surface area contributed by atoms with E-state index in [1.54, 1.807) is 82.0 Å². The van der Waals surface area contributed by atoms with Crippen molar-refractivity contribution in [2.24, 2.45) is 5.73 Å². The number of nitrogen functional groups attached to an aromatic ring is 1. The van der Waals surface area contributed by atoms with E-state index in [1.165, 1.54) is 42.5 Å². The van der Waals surface area contributed by atoms with E-state index in [9.17, 15) is 43.7 Å². The van der Waals surface area contributed by atoms with E-state index < -0.39 is 52.4 Å². The van der Waals surface area contributed by atoms with Crippen molar-refractivity contribution in [3.05, 3.63) is 250 Å². The van der Waals surface area contributed by atoms with Gasteiger partial charge in [0.25, 0.3) is 23.4 Å². The minimum absolute atomic E-state index is 0.0556. The molecule has 3 fully saturated rings. The van der Waals surface area contributed by atoms with Crippen molar-refractivity contribution in [3.8, 4) is 0 Å². The molecule has 12 aromatic rings. The normalized spacial score (nSPS) is 14.8. The van der Waals surface area contributed by atoms with Gasteiger partial charge in [0.1, 0.15) is 46.1 Å². The van der Waals surface area contributed by atoms with E-state index in [0.717, 1.165) is 158 Å². The quantitative estimate of drug-likeness (QED) is 0.00433. The number of amides is 6. The van der Waals surface area contributed by atoms with E-state index in [2.05, 4.69) is 98.6 Å². The van der Waals surface area contributed by atoms with Gasteiger partial charge >= 0.3 is 48.9 Å². The molecule has 3 atom stereocenters. The summed E-state index contributed by atoms with van der Waals surface area (Å²) in [6, 6.07) is 47.2. The van der Waals surface area contributed by atoms with Crippen molar-refractivity contribution in [2.75, 3.05) is 123 Å². The molecule has 732 valence electrons. The topological polar surface area (TPSA) is 445 Å². The molecule has 2 radical (unpaired) electrons. The number of hydrogen-bond acceptors (Lipinski definition) is 26. The van der Waals surface area contributed by atoms with E-state index >= 15 is 0 Å². The first-order valence-corrected chi connectivity index (χ1v) is 53.6. The Kier molecular flexibility index (Phi) is 38.8. The van der Waals surface area contributed by atoms with Gasteiger partial charge in [0.2, 0.25) is 11.1 Å². The average Bonchev–Trinajstić information content (AvgIpc) is 1.67. The van der Waals surface area contributed by atoms with Crippen LogP contribution in [-0.2, 0) is 38.3 Å². The number of hydrogen-bond donors (Lipinski definition) is 11. The van der Waals surface area contributed by atoms with Crippen LogP contribution in [0.15, 0.2) is 207 Å². The summed E-state index contributed by atoms with van der Waals surface area (Å²) >= 11 is 9.19. The monoisotopic (exact) mass is 2080 g/mol. The fourth-order valence-electron chi connectivity index (χ4n) is 15.1. The zero-order valence-corrected chi connectivity index (χ0v) is 85.2. The van der Waals surface area contributed by atoms with E-state index in [1.807, 2.05) is 156 Å². The number of alkyl halides is 1. The van der Waals surface area contributed by atoms with Crippen LogP contribution in [0.4, 0.5) is 95.7 Å². The van der Waals surface area contributed by atoms with Crippen LogP contribution in [0.25, 0.3) is 16.9 Å². The number of anilines is 14. The fraction of sp³-hybridized carbons (Fsp3) is 0.337. The number of aryl methyl sites for hydroxylation is 3. The number of nitro groups is 1. The second-order valence-electron chi connectivity index (χ2n) is 35.1. The Morgan fingerprint density at radius 2 is 0.863 bits per heavy atom. The van der Waals surface area contributed by atoms with E-state index in [0.29, 0.717) is 82.1 Å². The van der Waals surface area contributed by atoms with Crippen LogP contribution >= 0.6 is 41.0 Å². The number of nitrogens with zero attached hydrogens (tertiary/aromatic N) is 14. The number of non-ortho nitro benzene ring substituents is 1. The summed E-state index contributed by atoms with van der Waals surface area (Å²) < 4.78 is 16.3. The summed E-state index contributed by atoms with van der Waals surface area (Å²) in [6.07, 6.45) is 18.6. The van der Waals surface area contributed by atoms with Crippen molar-refractivity contribution >= 4 is 204 Å². The number of aromatic nitrogens is 9. The molecule has 3 saturated heterocycles. The van der Waals surface area contributed by atoms with Gasteiger partial charge in [-0.25, -0.2) is 24.5 Å². The fourth-order valence-corrected chi connectivity index (χ4v) is 15.3. The number of nitrogens with two attached hydrogens (primary N) is 2. The summed E-state index contributed by atoms with van der Waals surface area (Å²) in [4.78, 5) is 119. The standard InChI is InChI=1S/C32H39N9O2.C31H36N8O5.C31H38N8O3.C4H4Cl2O.2ClH.Sn/c1-4-22-20-34-41-29(19-28(38-31(22)41)40-17-6-8-24(33)21-40)35-26-9-5-10-27(18-26)37-32(43)23-12-14-25(15-13-23)36-30(42)11-7-16-39(2)3;1-5-20-18-32-38-27(17-26(36-28(20)38)37-15-7-10-24(19-37)35-30(41)44-31(2,3)4)33-22-8-6-9-23(16-22)34-29(40)21-11-13-25(14-12-21)39(42)43;1-5-20-18-33-39-27(34-23-8-6-9-24(16-23)35-29(40)21-11-13-22(32)14-12-21)17-26(37-28(20)39)38-15-7-10-25(19-38)36-30(41)42-31(2,3)4;5-3-1-2-4(6)7;;;/h5,7,9-15,18-20,24,35H,4,6,8,16-17,21,33H2,1-3H3,(H,36,42)(H,37,43);6,8-9,11-14,16-18,24,33H,5,7,10,15,19H2,1-4H3,(H,34,40)(H,35,41);6,8-9,11-14,16-18,25,34H,5,7,10,15,19,32H2,1-4H3,(H,35,40)(H,36,41);1-2H,3H2;2*1H;/q;;;;;;+2/p-2/b11-7+;;;2-1+;;;. The Morgan fingerprint density at radius 1 is 0.504 bits per heavy atom. The Morgan fingerprint density at radius 3 is 1.20 bits per heavy atom. The molecule has 139 heavy (non-hydrogen) atoms. The van der Waals surface area contributed by atoms with Crippen molar-refractivity contribution in [1.82, 2.24) is 59.3 Å². The van der Waals surface area contributed by atoms with Crippen LogP contribution in [0.1, 0.15) is 149 Å². The molecule has 3 aliphatic rings. The van der Waals surface area contributed by atoms with Crippen LogP contribution < -0.4 is 74.0 Å². The first kappa shape index (κ1) is 106. The van der Waals surface area contributed by atoms with Crippen molar-refractivity contribution in [1.29, 1.82) is 0 Å². The SMILES string of the molecule is CCc1cnn2c(Nc3cccc(NC(=O)c4ccc(N)cc4)c3)cc(N3CCCC(NC(=O)OC(C)(C)C)C3)nc12.CCc1cnn2c(Nc3cccc(NC(=O)c4ccc(NC(=O)/C=C/CN(C)C)cc4)c3)cc(N3CCCC(N)C3)nc12.CCc1cnn2c(Nc3cccc(NC(=O)c4ccc([N+](=O)[O-])cc4)c3)cc(N3CCCC(NC(=O)OC(C)(C)C)C3)nc12.O=C(Cl)/C=C/CCl.[Cl][Sn][Cl]. The molecule has 6 amide bonds. The third-order valence-electron chi connectivity index (χ3n) is 21.6. The molecule has 41 heteroatoms. The first-order valence-electron chi connectivity index (χ1n) is 45.4. The van der Waals surface area contributed by atoms with Crippen molar-refractivity contribution < 1.29 is 48.0 Å². The number of halogens is 4. The van der Waals surface area contributed by atoms with Crippen LogP contribution in [0.2, 0.25) is 0 Å². The summed E-state index contributed by atoms with van der Waals surface area (Å²) in [5, 5.41) is 52.1. The molecular formula is C98H117Cl4N25O11Sn. The zero-order valence-electron chi connectivity index (χ0n) is 79.3. The number of carbonyl (C=O) groups is 7. The summed E-state index contributed by atoms with van der Waals surface area (Å²) in [5.41, 5.74) is 22.9. The van der Waals surface area contributed by atoms with Gasteiger partial charge in [0.05, 0.1) is 23.5 Å². The molecule has 0 bridgehead atoms. The molecule has 3 unspecified atom stereocenters. The molecular weight excluding hydrogens is 1960 g/mol. The number of benzene rings is 6. The number of carbonyl (C=O) groups excluding carboxylic acids is 7. The van der Waals surface area contributed by atoms with Gasteiger partial charge in [0.15, 0.2) is 16.9 Å². The van der Waals surface area contributed by atoms with Gasteiger partial charge in [-0.15, -0.1) is 11.6 Å². The molecule has 0 spiro atoms. The number of rotatable bonds is 27. The Labute approximate surface area is 834 Å². The second-order valence-corrected chi connectivity index (χ2v) is 40.0. The van der Waals surface area contributed by atoms with E-state index in [-0.39, 0.29) is 47.4 Å². The molecule has 9 heterocycles. The first-order chi connectivity index (χ1) is 66.5. The number of piperidine rings is 3. The van der Waals surface area contributed by atoms with Crippen LogP contribution in [-0.4, -0.2) is 209 Å². The second kappa shape index (κ2) is 50.8. The Hall–Kier alpha value is -13.4. The number of nitrogens with one attached hydrogen (secondary N) is 9. The molecule has 13 N–H and O–H groups in total. The Balaban J connectivity index is 0.000000190. The van der Waals surface area contributed by atoms with Gasteiger partial charge in [-0.1, -0.05) is 51.1 Å². The predicted octanol–water partition coefficient (Wildman–Crippen LogP) is 17.9. The van der Waals surface area contributed by atoms with Gasteiger partial charge in [-0.05, 0) is 246 Å². The van der Waals surface area contributed by atoms with Gasteiger partial charge in [-0.2, -0.15) is 28.8 Å². The minimum atomic E-state index is -0.826. The maximum atomic E-state index is 13.0. The number of ether oxygens (including phenoxy) is 2. The third kappa shape index (κ3) is 32.1. The number of allylic oxidation sites excluding steroid dienone is 2. The summed E-state index contributed by atoms with van der Waals surface area (Å²) in [7, 11) is 13.7. The van der Waals surface area contributed by atoms with Crippen LogP contribution in [0, 0.1) is 10.1 Å². The Bertz CT molecular complexity index is 6310. The predicted molar refractivity (Wildman–Crippen MR) is 554 cm³/mol. The van der Waals surface area contributed by atoms with Gasteiger partial charge < -0.3 is 88.4 Å². The van der Waals surface area contributed by atoms with Crippen LogP contribution in [0.3, 0.4) is 0 Å². The molecule has 6 aromatic carbocycles. The third-order valence-corrected chi connectivity index (χ3v) is 21.9. The van der Waals surface area contributed by atoms with Gasteiger partial charge in [0, 0.05) is 185 Å². The molecule has 0 saturated carbocycles. The summed E-state index contributed by atoms with van der Waals surface area (Å²) in [6.45, 7) is 22.5. The van der Waals surface area contributed by atoms with Gasteiger partial charge in [-0.3, -0.25) is 34.1 Å². The molecule has 6 aromatic heterocycles. The van der Waals surface area contributed by atoms with E-state index in [4.69, 9.17) is 76.9 Å². The molecule has 36 nitrogen and oxygen atoms in total. The number of alkyl carbamates (subject to hydrolysis) is 2. The molecule has 3 aliphatic heterocycles. The maximum absolute atomic E-state index is 13.0. The van der Waals surface area contributed by atoms with Crippen molar-refractivity contribution in [3.63, 3.8) is 0 Å². The molecule has 15 rings (SSSR count). The zero-order chi connectivity index (χ0) is 100.